The zero-order valence-corrected chi connectivity index (χ0v) is 7.94. The van der Waals surface area contributed by atoms with Gasteiger partial charge < -0.3 is 11.1 Å². The molecule has 0 heterocycles. The van der Waals surface area contributed by atoms with E-state index in [1.54, 1.807) is 0 Å². The third kappa shape index (κ3) is 238. The van der Waals surface area contributed by atoms with Crippen molar-refractivity contribution in [1.82, 2.24) is 0 Å². The van der Waals surface area contributed by atoms with Crippen LogP contribution in [0.2, 0.25) is 19.6 Å². The van der Waals surface area contributed by atoms with Gasteiger partial charge in [0.1, 0.15) is 0 Å². The Balaban J connectivity index is -0.0000000750. The van der Waals surface area contributed by atoms with Crippen molar-refractivity contribution in [2.75, 3.05) is 0 Å². The van der Waals surface area contributed by atoms with E-state index >= 15 is 0 Å². The molecule has 58 valence electrons. The maximum absolute atomic E-state index is 7.08. The first kappa shape index (κ1) is 16.0. The topological polar surface area (TPSA) is 72.8 Å². The van der Waals surface area contributed by atoms with Crippen LogP contribution in [0.4, 0.5) is 0 Å². The fourth-order valence-electron chi connectivity index (χ4n) is 0. The van der Waals surface area contributed by atoms with Crippen molar-refractivity contribution < 1.29 is 9.58 Å². The van der Waals surface area contributed by atoms with E-state index in [4.69, 9.17) is 11.1 Å². The van der Waals surface area contributed by atoms with E-state index in [2.05, 4.69) is 42.7 Å². The summed E-state index contributed by atoms with van der Waals surface area (Å²) in [5, 5.41) is 0. The fourth-order valence-corrected chi connectivity index (χ4v) is 0. The third-order valence-corrected chi connectivity index (χ3v) is 0. The predicted molar refractivity (Wildman–Crippen MR) is 46.2 cm³/mol. The first-order valence-corrected chi connectivity index (χ1v) is 6.23. The molecule has 0 atom stereocenters. The van der Waals surface area contributed by atoms with Gasteiger partial charge >= 0.3 is 0 Å². The SMILES string of the molecule is C=[N+]=[N-].C=[N+]=[N-].C[SiH](C)C. The second-order valence-electron chi connectivity index (χ2n) is 2.01. The van der Waals surface area contributed by atoms with Gasteiger partial charge in [0.25, 0.3) is 0 Å². The van der Waals surface area contributed by atoms with Crippen LogP contribution in [0.15, 0.2) is 0 Å². The largest absolute Gasteiger partial charge is 0.362 e. The predicted octanol–water partition coefficient (Wildman–Crippen LogP) is 0.937. The van der Waals surface area contributed by atoms with Gasteiger partial charge in [-0.1, -0.05) is 19.6 Å². The molecule has 0 N–H and O–H groups in total. The lowest BCUT2D eigenvalue weighted by Crippen LogP contribution is -1.84. The summed E-state index contributed by atoms with van der Waals surface area (Å²) in [6, 6.07) is 0. The summed E-state index contributed by atoms with van der Waals surface area (Å²) in [7, 11) is -0.139. The zero-order chi connectivity index (χ0) is 8.99. The van der Waals surface area contributed by atoms with Crippen LogP contribution in [-0.4, -0.2) is 31.8 Å². The highest BCUT2D eigenvalue weighted by atomic mass is 28.3. The Hall–Kier alpha value is -1.02. The lowest BCUT2D eigenvalue weighted by molar-refractivity contribution is 0.0106. The summed E-state index contributed by atoms with van der Waals surface area (Å²) < 4.78 is 0. The minimum Gasteiger partial charge on any atom is -0.362 e. The van der Waals surface area contributed by atoms with Crippen LogP contribution in [0.1, 0.15) is 0 Å². The monoisotopic (exact) mass is 158 g/mol. The van der Waals surface area contributed by atoms with Gasteiger partial charge in [-0.25, -0.2) is 0 Å². The molecule has 0 bridgehead atoms. The van der Waals surface area contributed by atoms with Crippen molar-refractivity contribution >= 4 is 22.2 Å². The first-order chi connectivity index (χ1) is 4.56. The normalized spacial score (nSPS) is 5.20. The minimum absolute atomic E-state index is 0.139. The van der Waals surface area contributed by atoms with Crippen molar-refractivity contribution in [3.05, 3.63) is 11.1 Å². The van der Waals surface area contributed by atoms with Gasteiger partial charge in [0.15, 0.2) is 0 Å². The molecule has 0 saturated heterocycles. The third-order valence-electron chi connectivity index (χ3n) is 0. The minimum atomic E-state index is -0.139. The van der Waals surface area contributed by atoms with Crippen molar-refractivity contribution in [1.29, 1.82) is 0 Å². The number of nitrogens with zero attached hydrogens (tertiary/aromatic N) is 4. The van der Waals surface area contributed by atoms with E-state index in [1.165, 1.54) is 0 Å². The highest BCUT2D eigenvalue weighted by Gasteiger charge is 1.71. The molecule has 0 fully saturated rings. The summed E-state index contributed by atoms with van der Waals surface area (Å²) in [5.41, 5.74) is 14.2. The second kappa shape index (κ2) is 24.6. The molecule has 0 amide bonds. The van der Waals surface area contributed by atoms with E-state index in [1.807, 2.05) is 0 Å². The van der Waals surface area contributed by atoms with Crippen LogP contribution < -0.4 is 0 Å². The highest BCUT2D eigenvalue weighted by molar-refractivity contribution is 6.54. The first-order valence-electron chi connectivity index (χ1n) is 2.76. The maximum atomic E-state index is 7.08. The summed E-state index contributed by atoms with van der Waals surface area (Å²) >= 11 is 0. The average Bonchev–Trinajstić information content (AvgIpc) is 1.65. The molecule has 4 nitrogen and oxygen atoms in total. The van der Waals surface area contributed by atoms with Gasteiger partial charge in [-0.05, 0) is 0 Å². The van der Waals surface area contributed by atoms with Gasteiger partial charge in [-0.2, -0.15) is 9.58 Å². The van der Waals surface area contributed by atoms with Crippen LogP contribution in [0, 0.1) is 0 Å². The molecule has 0 unspecified atom stereocenters. The number of rotatable bonds is 0. The van der Waals surface area contributed by atoms with E-state index in [-0.39, 0.29) is 8.80 Å². The molecule has 10 heavy (non-hydrogen) atoms. The summed E-state index contributed by atoms with van der Waals surface area (Å²) in [6.45, 7) is 12.2. The Morgan fingerprint density at radius 3 is 1.00 bits per heavy atom. The quantitative estimate of drug-likeness (QED) is 0.218. The highest BCUT2D eigenvalue weighted by Crippen LogP contribution is 1.68. The standard InChI is InChI=1S/C3H10Si.2CH2N2/c1-4(2)3;2*1-3-2/h4H,1-3H3;2*1H2. The molecule has 0 saturated carbocycles. The second-order valence-corrected chi connectivity index (χ2v) is 5.48. The van der Waals surface area contributed by atoms with Crippen molar-refractivity contribution in [3.8, 4) is 0 Å². The lowest BCUT2D eigenvalue weighted by Gasteiger charge is -1.75. The van der Waals surface area contributed by atoms with Gasteiger partial charge in [-0.15, -0.1) is 0 Å². The molecular weight excluding hydrogens is 144 g/mol. The van der Waals surface area contributed by atoms with E-state index in [0.29, 0.717) is 0 Å². The Labute approximate surface area is 63.4 Å². The van der Waals surface area contributed by atoms with Crippen LogP contribution in [0.25, 0.3) is 11.1 Å². The summed E-state index contributed by atoms with van der Waals surface area (Å²) in [6.07, 6.45) is 0. The van der Waals surface area contributed by atoms with Crippen molar-refractivity contribution in [2.24, 2.45) is 0 Å². The lowest BCUT2D eigenvalue weighted by atomic mass is 11.8. The Morgan fingerprint density at radius 2 is 1.00 bits per heavy atom. The smallest absolute Gasteiger partial charge is 0.245 e. The Bertz CT molecular complexity index is 94.1. The molecule has 0 aliphatic carbocycles. The van der Waals surface area contributed by atoms with Gasteiger partial charge in [0.05, 0.1) is 0 Å². The van der Waals surface area contributed by atoms with Crippen molar-refractivity contribution in [2.45, 2.75) is 19.6 Å². The Kier molecular flexibility index (Phi) is 39.3. The number of hydrogen-bond donors (Lipinski definition) is 0. The molecule has 0 aromatic carbocycles. The number of hydrogen-bond acceptors (Lipinski definition) is 0. The molecule has 0 aliphatic rings. The molecule has 0 rings (SSSR count). The van der Waals surface area contributed by atoms with E-state index < -0.39 is 0 Å². The molecule has 0 aliphatic heterocycles. The Morgan fingerprint density at radius 1 is 1.00 bits per heavy atom. The molecule has 5 heteroatoms. The van der Waals surface area contributed by atoms with Crippen LogP contribution in [0.3, 0.4) is 0 Å². The van der Waals surface area contributed by atoms with Gasteiger partial charge in [0.2, 0.25) is 13.4 Å². The fraction of sp³-hybridized carbons (Fsp3) is 0.600. The van der Waals surface area contributed by atoms with Gasteiger partial charge in [-0.3, -0.25) is 0 Å². The van der Waals surface area contributed by atoms with E-state index in [0.717, 1.165) is 0 Å². The van der Waals surface area contributed by atoms with Crippen LogP contribution in [-0.2, 0) is 0 Å². The molecular formula is C5H14N4Si. The average molecular weight is 158 g/mol. The molecule has 0 radical (unpaired) electrons. The van der Waals surface area contributed by atoms with Crippen LogP contribution >= 0.6 is 0 Å². The molecule has 0 spiro atoms. The van der Waals surface area contributed by atoms with Crippen LogP contribution in [0.5, 0.6) is 0 Å². The van der Waals surface area contributed by atoms with Crippen molar-refractivity contribution in [3.63, 3.8) is 0 Å². The van der Waals surface area contributed by atoms with E-state index in [9.17, 15) is 0 Å². The summed E-state index contributed by atoms with van der Waals surface area (Å²) in [5.74, 6) is 0. The summed E-state index contributed by atoms with van der Waals surface area (Å²) in [4.78, 5) is 4.50. The molecule has 0 aromatic rings. The molecule has 0 aromatic heterocycles. The maximum Gasteiger partial charge on any atom is 0.245 e. The zero-order valence-electron chi connectivity index (χ0n) is 6.78. The van der Waals surface area contributed by atoms with Gasteiger partial charge in [0, 0.05) is 8.80 Å².